The van der Waals surface area contributed by atoms with Crippen molar-refractivity contribution in [2.24, 2.45) is 0 Å². The maximum Gasteiger partial charge on any atom is 0.322 e. The second-order valence-corrected chi connectivity index (χ2v) is 11.6. The molecule has 1 atom stereocenters. The number of rotatable bonds is 4. The van der Waals surface area contributed by atoms with Gasteiger partial charge in [-0.3, -0.25) is 0 Å². The third-order valence-corrected chi connectivity index (χ3v) is 8.53. The fourth-order valence-electron chi connectivity index (χ4n) is 6.26. The molecule has 196 valence electrons. The molecule has 2 aromatic carbocycles. The number of phenolic OH excluding ortho intramolecular Hbond substituents is 1. The van der Waals surface area contributed by atoms with Crippen LogP contribution in [0, 0.1) is 41.5 Å². The zero-order chi connectivity index (χ0) is 26.2. The number of amides is 2. The minimum atomic E-state index is -0.491. The topological polar surface area (TPSA) is 61.8 Å². The molecule has 2 aromatic rings. The minimum absolute atomic E-state index is 0.0256. The number of nitrogens with one attached hydrogen (secondary N) is 1. The summed E-state index contributed by atoms with van der Waals surface area (Å²) < 4.78 is 6.75. The smallest absolute Gasteiger partial charge is 0.322 e. The molecule has 1 aliphatic heterocycles. The zero-order valence-electron chi connectivity index (χ0n) is 23.3. The van der Waals surface area contributed by atoms with E-state index >= 15 is 0 Å². The molecule has 0 radical (unpaired) electrons. The van der Waals surface area contributed by atoms with E-state index in [1.165, 1.54) is 18.4 Å². The number of benzene rings is 2. The Bertz CT molecular complexity index is 1120. The van der Waals surface area contributed by atoms with Crippen molar-refractivity contribution in [1.82, 2.24) is 4.90 Å². The highest BCUT2D eigenvalue weighted by Gasteiger charge is 2.39. The van der Waals surface area contributed by atoms with Crippen LogP contribution < -0.4 is 10.1 Å². The summed E-state index contributed by atoms with van der Waals surface area (Å²) in [7, 11) is 0. The number of anilines is 1. The maximum absolute atomic E-state index is 13.9. The van der Waals surface area contributed by atoms with Crippen molar-refractivity contribution in [3.63, 3.8) is 0 Å². The van der Waals surface area contributed by atoms with Crippen LogP contribution in [0.4, 0.5) is 10.5 Å². The Hall–Kier alpha value is -2.69. The van der Waals surface area contributed by atoms with Crippen LogP contribution in [0.15, 0.2) is 12.1 Å². The minimum Gasteiger partial charge on any atom is -0.507 e. The molecular formula is C31H44N2O3. The number of carbonyl (C=O) groups excluding carboxylic acids is 1. The van der Waals surface area contributed by atoms with Crippen molar-refractivity contribution in [3.05, 3.63) is 51.1 Å². The number of aromatic hydroxyl groups is 1. The summed E-state index contributed by atoms with van der Waals surface area (Å²) in [6.45, 7) is 14.9. The Balaban J connectivity index is 1.64. The van der Waals surface area contributed by atoms with Gasteiger partial charge in [-0.1, -0.05) is 43.4 Å². The van der Waals surface area contributed by atoms with Gasteiger partial charge in [0.05, 0.1) is 6.54 Å². The summed E-state index contributed by atoms with van der Waals surface area (Å²) in [4.78, 5) is 16.0. The van der Waals surface area contributed by atoms with Crippen LogP contribution in [0.25, 0.3) is 0 Å². The van der Waals surface area contributed by atoms with Crippen molar-refractivity contribution < 1.29 is 14.6 Å². The van der Waals surface area contributed by atoms with Crippen molar-refractivity contribution in [3.8, 4) is 11.5 Å². The molecular weight excluding hydrogens is 448 g/mol. The molecule has 1 unspecified atom stereocenters. The van der Waals surface area contributed by atoms with E-state index in [0.717, 1.165) is 83.3 Å². The summed E-state index contributed by atoms with van der Waals surface area (Å²) in [6.07, 6.45) is 8.52. The lowest BCUT2D eigenvalue weighted by Crippen LogP contribution is -2.54. The Morgan fingerprint density at radius 1 is 1.00 bits per heavy atom. The highest BCUT2D eigenvalue weighted by Crippen LogP contribution is 2.44. The lowest BCUT2D eigenvalue weighted by molar-refractivity contribution is 0.0239. The van der Waals surface area contributed by atoms with E-state index in [1.807, 2.05) is 20.8 Å². The number of hydrogen-bond acceptors (Lipinski definition) is 3. The maximum atomic E-state index is 13.9. The van der Waals surface area contributed by atoms with Gasteiger partial charge >= 0.3 is 6.03 Å². The number of ether oxygens (including phenoxy) is 1. The number of fused-ring (bicyclic) bond motifs is 1. The number of carbonyl (C=O) groups is 1. The third kappa shape index (κ3) is 5.21. The van der Waals surface area contributed by atoms with E-state index in [2.05, 4.69) is 50.0 Å². The Kier molecular flexibility index (Phi) is 7.59. The van der Waals surface area contributed by atoms with E-state index < -0.39 is 5.60 Å². The molecule has 0 saturated heterocycles. The van der Waals surface area contributed by atoms with Gasteiger partial charge in [0.25, 0.3) is 0 Å². The third-order valence-electron chi connectivity index (χ3n) is 8.53. The summed E-state index contributed by atoms with van der Waals surface area (Å²) in [5, 5.41) is 13.9. The standard InChI is InChI=1S/C31H44N2O3/c1-19-16-20(2)27(21(3)17-19)32-30(35)33(25-12-10-8-9-11-13-25)18-31(7)15-14-26-24(6)28(34)22(4)23(5)29(26)36-31/h16-17,25,34H,8-15,18H2,1-7H3,(H,32,35). The SMILES string of the molecule is Cc1cc(C)c(NC(=O)N(CC2(C)CCc3c(C)c(O)c(C)c(C)c3O2)C2CCCCCC2)c(C)c1. The summed E-state index contributed by atoms with van der Waals surface area (Å²) in [6, 6.07) is 4.45. The predicted molar refractivity (Wildman–Crippen MR) is 148 cm³/mol. The van der Waals surface area contributed by atoms with Crippen LogP contribution in [0.1, 0.15) is 90.8 Å². The van der Waals surface area contributed by atoms with Gasteiger partial charge in [-0.05, 0) is 102 Å². The lowest BCUT2D eigenvalue weighted by Gasteiger charge is -2.43. The van der Waals surface area contributed by atoms with Crippen molar-refractivity contribution in [2.45, 2.75) is 111 Å². The number of phenols is 1. The average Bonchev–Trinajstić information content (AvgIpc) is 3.11. The first-order valence-corrected chi connectivity index (χ1v) is 13.7. The van der Waals surface area contributed by atoms with E-state index in [-0.39, 0.29) is 12.1 Å². The summed E-state index contributed by atoms with van der Waals surface area (Å²) >= 11 is 0. The van der Waals surface area contributed by atoms with Gasteiger partial charge in [0, 0.05) is 17.3 Å². The van der Waals surface area contributed by atoms with Gasteiger partial charge in [-0.15, -0.1) is 0 Å². The van der Waals surface area contributed by atoms with Crippen LogP contribution in [-0.4, -0.2) is 34.2 Å². The van der Waals surface area contributed by atoms with Crippen molar-refractivity contribution >= 4 is 11.7 Å². The predicted octanol–water partition coefficient (Wildman–Crippen LogP) is 7.58. The normalized spacial score (nSPS) is 20.3. The molecule has 36 heavy (non-hydrogen) atoms. The Morgan fingerprint density at radius 3 is 2.22 bits per heavy atom. The molecule has 2 N–H and O–H groups in total. The highest BCUT2D eigenvalue weighted by atomic mass is 16.5. The molecule has 0 aromatic heterocycles. The molecule has 4 rings (SSSR count). The molecule has 1 aliphatic carbocycles. The first-order valence-electron chi connectivity index (χ1n) is 13.7. The molecule has 5 nitrogen and oxygen atoms in total. The number of urea groups is 1. The summed E-state index contributed by atoms with van der Waals surface area (Å²) in [5.74, 6) is 1.27. The molecule has 0 spiro atoms. The molecule has 5 heteroatoms. The fourth-order valence-corrected chi connectivity index (χ4v) is 6.26. The van der Waals surface area contributed by atoms with Gasteiger partial charge in [-0.25, -0.2) is 4.79 Å². The first-order chi connectivity index (χ1) is 17.0. The summed E-state index contributed by atoms with van der Waals surface area (Å²) in [5.41, 5.74) is 7.71. The van der Waals surface area contributed by atoms with Crippen LogP contribution >= 0.6 is 0 Å². The van der Waals surface area contributed by atoms with E-state index in [9.17, 15) is 9.90 Å². The number of aryl methyl sites for hydroxylation is 3. The van der Waals surface area contributed by atoms with Crippen LogP contribution in [0.2, 0.25) is 0 Å². The monoisotopic (exact) mass is 492 g/mol. The van der Waals surface area contributed by atoms with E-state index in [0.29, 0.717) is 12.3 Å². The molecule has 1 heterocycles. The van der Waals surface area contributed by atoms with Crippen molar-refractivity contribution in [2.75, 3.05) is 11.9 Å². The van der Waals surface area contributed by atoms with Gasteiger partial charge in [0.15, 0.2) is 0 Å². The van der Waals surface area contributed by atoms with Crippen LogP contribution in [0.3, 0.4) is 0 Å². The lowest BCUT2D eigenvalue weighted by atomic mass is 9.86. The van der Waals surface area contributed by atoms with E-state index in [1.54, 1.807) is 0 Å². The Labute approximate surface area is 217 Å². The second-order valence-electron chi connectivity index (χ2n) is 11.6. The molecule has 1 saturated carbocycles. The molecule has 2 amide bonds. The van der Waals surface area contributed by atoms with E-state index in [4.69, 9.17) is 4.74 Å². The van der Waals surface area contributed by atoms with Gasteiger partial charge in [-0.2, -0.15) is 0 Å². The van der Waals surface area contributed by atoms with Crippen LogP contribution in [-0.2, 0) is 6.42 Å². The molecule has 2 aliphatic rings. The average molecular weight is 493 g/mol. The number of hydrogen-bond donors (Lipinski definition) is 2. The fraction of sp³-hybridized carbons (Fsp3) is 0.581. The second kappa shape index (κ2) is 10.4. The highest BCUT2D eigenvalue weighted by molar-refractivity contribution is 5.91. The molecule has 1 fully saturated rings. The van der Waals surface area contributed by atoms with Crippen molar-refractivity contribution in [1.29, 1.82) is 0 Å². The van der Waals surface area contributed by atoms with Gasteiger partial charge in [0.1, 0.15) is 17.1 Å². The van der Waals surface area contributed by atoms with Gasteiger partial charge < -0.3 is 20.1 Å². The first kappa shape index (κ1) is 26.4. The van der Waals surface area contributed by atoms with Crippen LogP contribution in [0.5, 0.6) is 11.5 Å². The van der Waals surface area contributed by atoms with Gasteiger partial charge in [0.2, 0.25) is 0 Å². The Morgan fingerprint density at radius 2 is 1.61 bits per heavy atom. The number of nitrogens with zero attached hydrogens (tertiary/aromatic N) is 1. The largest absolute Gasteiger partial charge is 0.507 e. The molecule has 0 bridgehead atoms. The quantitative estimate of drug-likeness (QED) is 0.432. The zero-order valence-corrected chi connectivity index (χ0v) is 23.3.